The summed E-state index contributed by atoms with van der Waals surface area (Å²) < 4.78 is 5.50. The second kappa shape index (κ2) is 13.8. The Morgan fingerprint density at radius 2 is 1.42 bits per heavy atom. The lowest BCUT2D eigenvalue weighted by Crippen LogP contribution is -2.11. The van der Waals surface area contributed by atoms with E-state index in [1.165, 1.54) is 17.2 Å². The highest BCUT2D eigenvalue weighted by Gasteiger charge is 2.02. The first-order valence-electron chi connectivity index (χ1n) is 10.5. The molecule has 3 aromatic rings. The van der Waals surface area contributed by atoms with Crippen LogP contribution in [-0.4, -0.2) is 28.9 Å². The molecule has 3 rings (SSSR count). The minimum Gasteiger partial charge on any atom is -0.493 e. The van der Waals surface area contributed by atoms with Gasteiger partial charge in [-0.1, -0.05) is 86.1 Å². The number of hydrogen-bond donors (Lipinski definition) is 2. The summed E-state index contributed by atoms with van der Waals surface area (Å²) in [5.74, 6) is -0.249. The normalized spacial score (nSPS) is 11.4. The summed E-state index contributed by atoms with van der Waals surface area (Å²) in [4.78, 5) is 10.4. The maximum atomic E-state index is 10.4. The van der Waals surface area contributed by atoms with Gasteiger partial charge in [0.15, 0.2) is 0 Å². The van der Waals surface area contributed by atoms with E-state index in [4.69, 9.17) is 9.84 Å². The third-order valence-corrected chi connectivity index (χ3v) is 4.52. The average Bonchev–Trinajstić information content (AvgIpc) is 2.80. The van der Waals surface area contributed by atoms with E-state index in [0.717, 1.165) is 30.2 Å². The number of carboxylic acids is 1. The molecule has 0 bridgehead atoms. The molecule has 1 unspecified atom stereocenters. The summed E-state index contributed by atoms with van der Waals surface area (Å²) in [5, 5.41) is 18.1. The van der Waals surface area contributed by atoms with Gasteiger partial charge in [-0.3, -0.25) is 0 Å². The monoisotopic (exact) mass is 418 g/mol. The molecule has 1 atom stereocenters. The van der Waals surface area contributed by atoms with Crippen LogP contribution in [0.2, 0.25) is 0 Å². The first-order chi connectivity index (χ1) is 15.1. The molecule has 4 nitrogen and oxygen atoms in total. The van der Waals surface area contributed by atoms with Crippen molar-refractivity contribution in [1.29, 1.82) is 0 Å². The van der Waals surface area contributed by atoms with Crippen molar-refractivity contribution in [2.45, 2.75) is 32.3 Å². The van der Waals surface area contributed by atoms with Gasteiger partial charge in [0.1, 0.15) is 5.75 Å². The maximum absolute atomic E-state index is 10.4. The second-order valence-corrected chi connectivity index (χ2v) is 7.05. The number of benzene rings is 3. The average molecular weight is 419 g/mol. The van der Waals surface area contributed by atoms with Crippen molar-refractivity contribution >= 4 is 12.0 Å². The SMILES string of the molecule is CCCC(O)CCOc1ccc(/C=C/C(=O)O)cc1.c1ccc(-c2ccccc2)cc1. The number of aliphatic hydroxyl groups is 1. The van der Waals surface area contributed by atoms with Crippen molar-refractivity contribution in [3.63, 3.8) is 0 Å². The lowest BCUT2D eigenvalue weighted by molar-refractivity contribution is -0.131. The zero-order valence-corrected chi connectivity index (χ0v) is 17.9. The van der Waals surface area contributed by atoms with Crippen LogP contribution in [-0.2, 0) is 4.79 Å². The van der Waals surface area contributed by atoms with Crippen molar-refractivity contribution in [2.24, 2.45) is 0 Å². The van der Waals surface area contributed by atoms with Gasteiger partial charge < -0.3 is 14.9 Å². The number of carbonyl (C=O) groups is 1. The Labute approximate surface area is 184 Å². The molecule has 162 valence electrons. The zero-order chi connectivity index (χ0) is 22.3. The molecule has 31 heavy (non-hydrogen) atoms. The van der Waals surface area contributed by atoms with E-state index in [1.54, 1.807) is 24.3 Å². The molecule has 0 amide bonds. The van der Waals surface area contributed by atoms with E-state index >= 15 is 0 Å². The Balaban J connectivity index is 0.000000242. The fourth-order valence-corrected chi connectivity index (χ4v) is 2.89. The maximum Gasteiger partial charge on any atom is 0.328 e. The molecule has 0 saturated carbocycles. The fraction of sp³-hybridized carbons (Fsp3) is 0.222. The van der Waals surface area contributed by atoms with E-state index in [-0.39, 0.29) is 6.10 Å². The topological polar surface area (TPSA) is 66.8 Å². The fourth-order valence-electron chi connectivity index (χ4n) is 2.89. The van der Waals surface area contributed by atoms with Gasteiger partial charge >= 0.3 is 5.97 Å². The Morgan fingerprint density at radius 3 is 1.90 bits per heavy atom. The van der Waals surface area contributed by atoms with Gasteiger partial charge in [-0.15, -0.1) is 0 Å². The van der Waals surface area contributed by atoms with Crippen LogP contribution in [0.15, 0.2) is 91.0 Å². The summed E-state index contributed by atoms with van der Waals surface area (Å²) in [6.07, 6.45) is 4.69. The molecular weight excluding hydrogens is 388 g/mol. The summed E-state index contributed by atoms with van der Waals surface area (Å²) in [7, 11) is 0. The molecule has 0 aromatic heterocycles. The Bertz CT molecular complexity index is 865. The molecule has 0 aliphatic rings. The van der Waals surface area contributed by atoms with Crippen LogP contribution in [0.4, 0.5) is 0 Å². The standard InChI is InChI=1S/C15H20O4.C12H10/c1-2-3-13(16)10-11-19-14-7-4-12(5-8-14)6-9-15(17)18;1-3-7-11(8-4-1)12-9-5-2-6-10-12/h4-9,13,16H,2-3,10-11H2,1H3,(H,17,18);1-10H/b9-6+;. The van der Waals surface area contributed by atoms with E-state index in [1.807, 2.05) is 19.1 Å². The Morgan fingerprint density at radius 1 is 0.871 bits per heavy atom. The van der Waals surface area contributed by atoms with Crippen molar-refractivity contribution in [2.75, 3.05) is 6.61 Å². The summed E-state index contributed by atoms with van der Waals surface area (Å²) >= 11 is 0. The largest absolute Gasteiger partial charge is 0.493 e. The molecule has 4 heteroatoms. The van der Waals surface area contributed by atoms with Crippen LogP contribution < -0.4 is 4.74 Å². The van der Waals surface area contributed by atoms with Crippen molar-refractivity contribution < 1.29 is 19.7 Å². The van der Waals surface area contributed by atoms with Crippen LogP contribution in [0.1, 0.15) is 31.7 Å². The van der Waals surface area contributed by atoms with Crippen LogP contribution in [0.25, 0.3) is 17.2 Å². The van der Waals surface area contributed by atoms with Crippen LogP contribution in [0.3, 0.4) is 0 Å². The van der Waals surface area contributed by atoms with Gasteiger partial charge in [-0.25, -0.2) is 4.79 Å². The predicted octanol–water partition coefficient (Wildman–Crippen LogP) is 6.07. The lowest BCUT2D eigenvalue weighted by Gasteiger charge is -2.10. The van der Waals surface area contributed by atoms with Gasteiger partial charge in [0.2, 0.25) is 0 Å². The first kappa shape index (κ1) is 23.9. The number of aliphatic hydroxyl groups excluding tert-OH is 1. The summed E-state index contributed by atoms with van der Waals surface area (Å²) in [6, 6.07) is 27.9. The highest BCUT2D eigenvalue weighted by molar-refractivity contribution is 5.85. The van der Waals surface area contributed by atoms with Crippen LogP contribution >= 0.6 is 0 Å². The predicted molar refractivity (Wildman–Crippen MR) is 126 cm³/mol. The molecule has 0 heterocycles. The van der Waals surface area contributed by atoms with Gasteiger partial charge in [0.05, 0.1) is 12.7 Å². The van der Waals surface area contributed by atoms with Gasteiger partial charge in [-0.2, -0.15) is 0 Å². The highest BCUT2D eigenvalue weighted by Crippen LogP contribution is 2.17. The van der Waals surface area contributed by atoms with Crippen LogP contribution in [0.5, 0.6) is 5.75 Å². The third kappa shape index (κ3) is 9.79. The zero-order valence-electron chi connectivity index (χ0n) is 17.9. The highest BCUT2D eigenvalue weighted by atomic mass is 16.5. The van der Waals surface area contributed by atoms with Gasteiger partial charge in [-0.05, 0) is 41.3 Å². The number of rotatable bonds is 9. The molecule has 0 fully saturated rings. The smallest absolute Gasteiger partial charge is 0.328 e. The minimum absolute atomic E-state index is 0.303. The quantitative estimate of drug-likeness (QED) is 0.414. The van der Waals surface area contributed by atoms with E-state index < -0.39 is 5.97 Å². The van der Waals surface area contributed by atoms with E-state index in [2.05, 4.69) is 48.5 Å². The summed E-state index contributed by atoms with van der Waals surface area (Å²) in [6.45, 7) is 2.51. The molecule has 0 aliphatic heterocycles. The number of aliphatic carboxylic acids is 1. The Hall–Kier alpha value is -3.37. The Kier molecular flexibility index (Phi) is 10.6. The van der Waals surface area contributed by atoms with Gasteiger partial charge in [0, 0.05) is 12.5 Å². The molecule has 2 N–H and O–H groups in total. The molecule has 0 aliphatic carbocycles. The molecule has 0 radical (unpaired) electrons. The number of carboxylic acid groups (broad SMARTS) is 1. The van der Waals surface area contributed by atoms with Crippen molar-refractivity contribution in [1.82, 2.24) is 0 Å². The number of hydrogen-bond acceptors (Lipinski definition) is 3. The lowest BCUT2D eigenvalue weighted by atomic mass is 10.1. The van der Waals surface area contributed by atoms with E-state index in [9.17, 15) is 9.90 Å². The first-order valence-corrected chi connectivity index (χ1v) is 10.5. The van der Waals surface area contributed by atoms with Gasteiger partial charge in [0.25, 0.3) is 0 Å². The number of ether oxygens (including phenoxy) is 1. The molecule has 0 spiro atoms. The molecule has 3 aromatic carbocycles. The van der Waals surface area contributed by atoms with Crippen molar-refractivity contribution in [3.8, 4) is 16.9 Å². The van der Waals surface area contributed by atoms with E-state index in [0.29, 0.717) is 13.0 Å². The third-order valence-electron chi connectivity index (χ3n) is 4.52. The summed E-state index contributed by atoms with van der Waals surface area (Å²) in [5.41, 5.74) is 3.36. The van der Waals surface area contributed by atoms with Crippen LogP contribution in [0, 0.1) is 0 Å². The molecular formula is C27H30O4. The second-order valence-electron chi connectivity index (χ2n) is 7.05. The molecule has 0 saturated heterocycles. The van der Waals surface area contributed by atoms with Crippen molar-refractivity contribution in [3.05, 3.63) is 96.6 Å². The minimum atomic E-state index is -0.967.